The molecule has 0 aromatic carbocycles. The van der Waals surface area contributed by atoms with Crippen LogP contribution in [0.5, 0.6) is 0 Å². The number of rotatable bonds is 8. The monoisotopic (exact) mass is 532 g/mol. The van der Waals surface area contributed by atoms with Gasteiger partial charge in [-0.05, 0) is 26.3 Å². The van der Waals surface area contributed by atoms with E-state index < -0.39 is 59.5 Å². The van der Waals surface area contributed by atoms with Crippen molar-refractivity contribution in [2.75, 3.05) is 6.61 Å². The normalized spacial score (nSPS) is 34.2. The summed E-state index contributed by atoms with van der Waals surface area (Å²) in [6, 6.07) is -0.679. The fourth-order valence-electron chi connectivity index (χ4n) is 3.14. The zero-order valence-corrected chi connectivity index (χ0v) is 20.2. The van der Waals surface area contributed by atoms with E-state index in [-0.39, 0.29) is 0 Å². The van der Waals surface area contributed by atoms with Crippen LogP contribution < -0.4 is 5.32 Å². The number of aliphatic hydroxyl groups is 1. The van der Waals surface area contributed by atoms with Crippen molar-refractivity contribution in [3.63, 3.8) is 0 Å². The molecular formula is C15H23N2O13P3. The number of ether oxygens (including phenoxy) is 1. The minimum absolute atomic E-state index is 0.327. The summed E-state index contributed by atoms with van der Waals surface area (Å²) in [5.74, 6) is 2.34. The van der Waals surface area contributed by atoms with Gasteiger partial charge in [0.1, 0.15) is 17.1 Å². The second kappa shape index (κ2) is 9.02. The third-order valence-corrected chi connectivity index (χ3v) is 8.62. The van der Waals surface area contributed by atoms with Gasteiger partial charge in [-0.1, -0.05) is 12.5 Å². The average Bonchev–Trinajstić information content (AvgIpc) is 2.82. The van der Waals surface area contributed by atoms with E-state index in [1.807, 2.05) is 0 Å². The zero-order chi connectivity index (χ0) is 25.6. The lowest BCUT2D eigenvalue weighted by Crippen LogP contribution is -2.52. The molecule has 6 atom stereocenters. The Balaban J connectivity index is 2.26. The minimum atomic E-state index is -5.73. The summed E-state index contributed by atoms with van der Waals surface area (Å²) >= 11 is 0. The van der Waals surface area contributed by atoms with Gasteiger partial charge in [0.25, 0.3) is 0 Å². The highest BCUT2D eigenvalue weighted by atomic mass is 31.3. The Labute approximate surface area is 188 Å². The SMILES string of the molecule is C#CC1(C)[C@@H](O)[C@@](C)(COP(=O)(O)OP(=O)(O)OP(=O)(O)O)O[C@H]1N1C=C(C)C(=C)NC1=O. The molecule has 3 unspecified atom stereocenters. The van der Waals surface area contributed by atoms with Gasteiger partial charge in [-0.15, -0.1) is 6.42 Å². The van der Waals surface area contributed by atoms with Crippen molar-refractivity contribution >= 4 is 29.5 Å². The first-order valence-corrected chi connectivity index (χ1v) is 13.4. The number of urea groups is 1. The molecule has 186 valence electrons. The second-order valence-electron chi connectivity index (χ2n) is 7.60. The molecule has 0 radical (unpaired) electrons. The van der Waals surface area contributed by atoms with E-state index in [0.717, 1.165) is 4.90 Å². The maximum atomic E-state index is 12.5. The Morgan fingerprint density at radius 3 is 2.33 bits per heavy atom. The van der Waals surface area contributed by atoms with Gasteiger partial charge < -0.3 is 34.7 Å². The Bertz CT molecular complexity index is 1060. The van der Waals surface area contributed by atoms with Crippen LogP contribution in [0.4, 0.5) is 4.79 Å². The molecule has 2 heterocycles. The van der Waals surface area contributed by atoms with Crippen molar-refractivity contribution < 1.29 is 61.1 Å². The Morgan fingerprint density at radius 1 is 1.24 bits per heavy atom. The Hall–Kier alpha value is -1.36. The topological polar surface area (TPSA) is 222 Å². The molecule has 0 aromatic rings. The largest absolute Gasteiger partial charge is 0.490 e. The van der Waals surface area contributed by atoms with E-state index in [4.69, 9.17) is 20.9 Å². The number of hydrogen-bond donors (Lipinski definition) is 6. The molecule has 0 aromatic heterocycles. The van der Waals surface area contributed by atoms with E-state index in [0.29, 0.717) is 11.3 Å². The third kappa shape index (κ3) is 6.21. The average molecular weight is 532 g/mol. The molecule has 18 heteroatoms. The maximum absolute atomic E-state index is 12.5. The Kier molecular flexibility index (Phi) is 7.62. The summed E-state index contributed by atoms with van der Waals surface area (Å²) in [7, 11) is -16.8. The number of phosphoric ester groups is 1. The van der Waals surface area contributed by atoms with E-state index in [9.17, 15) is 33.4 Å². The highest BCUT2D eigenvalue weighted by molar-refractivity contribution is 7.66. The molecule has 1 saturated heterocycles. The van der Waals surface area contributed by atoms with Crippen LogP contribution in [-0.4, -0.2) is 60.2 Å². The first-order chi connectivity index (χ1) is 14.8. The molecule has 0 aliphatic carbocycles. The second-order valence-corrected chi connectivity index (χ2v) is 12.0. The summed E-state index contributed by atoms with van der Waals surface area (Å²) in [5.41, 5.74) is -2.56. The van der Waals surface area contributed by atoms with Crippen molar-refractivity contribution in [2.24, 2.45) is 5.41 Å². The van der Waals surface area contributed by atoms with Gasteiger partial charge in [-0.2, -0.15) is 8.62 Å². The zero-order valence-electron chi connectivity index (χ0n) is 17.5. The number of carbonyl (C=O) groups is 1. The van der Waals surface area contributed by atoms with Gasteiger partial charge >= 0.3 is 29.5 Å². The number of allylic oxidation sites excluding steroid dienone is 1. The van der Waals surface area contributed by atoms with Gasteiger partial charge in [-0.25, -0.2) is 18.5 Å². The van der Waals surface area contributed by atoms with Gasteiger partial charge in [-0.3, -0.25) is 9.42 Å². The molecule has 6 N–H and O–H groups in total. The number of terminal acetylenes is 1. The first kappa shape index (κ1) is 27.9. The van der Waals surface area contributed by atoms with Crippen molar-refractivity contribution in [3.05, 3.63) is 24.0 Å². The van der Waals surface area contributed by atoms with Gasteiger partial charge in [0.05, 0.1) is 6.61 Å². The Morgan fingerprint density at radius 2 is 1.82 bits per heavy atom. The summed E-state index contributed by atoms with van der Waals surface area (Å²) in [5, 5.41) is 13.3. The van der Waals surface area contributed by atoms with Crippen molar-refractivity contribution in [1.29, 1.82) is 0 Å². The van der Waals surface area contributed by atoms with Crippen molar-refractivity contribution in [2.45, 2.75) is 38.7 Å². The van der Waals surface area contributed by atoms with Gasteiger partial charge in [0.2, 0.25) is 0 Å². The van der Waals surface area contributed by atoms with Crippen LogP contribution in [0.1, 0.15) is 20.8 Å². The number of amides is 2. The fraction of sp³-hybridized carbons (Fsp3) is 0.533. The van der Waals surface area contributed by atoms with Crippen LogP contribution in [0.2, 0.25) is 0 Å². The number of nitrogens with one attached hydrogen (secondary N) is 1. The number of carbonyl (C=O) groups excluding carboxylic acids is 1. The van der Waals surface area contributed by atoms with E-state index in [1.54, 1.807) is 6.92 Å². The molecule has 2 aliphatic heterocycles. The molecule has 0 bridgehead atoms. The molecule has 1 fully saturated rings. The molecule has 2 aliphatic rings. The van der Waals surface area contributed by atoms with Crippen molar-refractivity contribution in [1.82, 2.24) is 10.2 Å². The molecule has 33 heavy (non-hydrogen) atoms. The molecule has 2 amide bonds. The number of nitrogens with zero attached hydrogens (tertiary/aromatic N) is 1. The number of hydrogen-bond acceptors (Lipinski definition) is 9. The van der Waals surface area contributed by atoms with Gasteiger partial charge in [0.15, 0.2) is 6.23 Å². The summed E-state index contributed by atoms with van der Waals surface area (Å²) in [4.78, 5) is 49.6. The van der Waals surface area contributed by atoms with Crippen LogP contribution in [0.25, 0.3) is 0 Å². The molecule has 15 nitrogen and oxygen atoms in total. The quantitative estimate of drug-likeness (QED) is 0.189. The lowest BCUT2D eigenvalue weighted by atomic mass is 9.78. The highest BCUT2D eigenvalue weighted by Gasteiger charge is 2.62. The number of aliphatic hydroxyl groups excluding tert-OH is 1. The smallest absolute Gasteiger partial charge is 0.388 e. The molecule has 0 saturated carbocycles. The molecular weight excluding hydrogens is 509 g/mol. The van der Waals surface area contributed by atoms with Crippen LogP contribution in [0, 0.1) is 17.8 Å². The highest BCUT2D eigenvalue weighted by Crippen LogP contribution is 2.66. The maximum Gasteiger partial charge on any atom is 0.490 e. The van der Waals surface area contributed by atoms with E-state index >= 15 is 0 Å². The van der Waals surface area contributed by atoms with Crippen LogP contribution in [0.3, 0.4) is 0 Å². The standard InChI is InChI=1S/C15H23N2O13P3/c1-6-14(4)11(18)15(5,28-12(14)17-7-9(2)10(3)16-13(17)19)8-27-32(23,24)30-33(25,26)29-31(20,21)22/h1,7,11-12,18H,3,8H2,2,4-5H3,(H,16,19)(H,23,24)(H,25,26)(H2,20,21,22)/t11-,12-,14?,15-/m1/s1. The predicted octanol–water partition coefficient (Wildman–Crippen LogP) is 0.888. The van der Waals surface area contributed by atoms with E-state index in [2.05, 4.69) is 31.0 Å². The summed E-state index contributed by atoms with van der Waals surface area (Å²) < 4.78 is 51.9. The lowest BCUT2D eigenvalue weighted by Gasteiger charge is -2.36. The number of phosphoric acid groups is 3. The van der Waals surface area contributed by atoms with Crippen LogP contribution in [-0.2, 0) is 31.6 Å². The van der Waals surface area contributed by atoms with Crippen molar-refractivity contribution in [3.8, 4) is 12.3 Å². The predicted molar refractivity (Wildman–Crippen MR) is 109 cm³/mol. The minimum Gasteiger partial charge on any atom is -0.388 e. The fourth-order valence-corrected chi connectivity index (χ4v) is 6.26. The first-order valence-electron chi connectivity index (χ1n) is 8.84. The summed E-state index contributed by atoms with van der Waals surface area (Å²) in [6.45, 7) is 6.93. The summed E-state index contributed by atoms with van der Waals surface area (Å²) in [6.07, 6.45) is 4.06. The van der Waals surface area contributed by atoms with Gasteiger partial charge in [0, 0.05) is 11.9 Å². The third-order valence-electron chi connectivity index (χ3n) is 4.84. The van der Waals surface area contributed by atoms with Crippen LogP contribution >= 0.6 is 23.5 Å². The molecule has 2 rings (SSSR count). The lowest BCUT2D eigenvalue weighted by molar-refractivity contribution is -0.119. The van der Waals surface area contributed by atoms with E-state index in [1.165, 1.54) is 20.0 Å². The van der Waals surface area contributed by atoms with Crippen LogP contribution in [0.15, 0.2) is 24.0 Å². The molecule has 0 spiro atoms.